The molecular formula is C29H36N7O3S+. The van der Waals surface area contributed by atoms with Crippen LogP contribution in [0.15, 0.2) is 65.8 Å². The molecule has 1 atom stereocenters. The summed E-state index contributed by atoms with van der Waals surface area (Å²) in [6, 6.07) is 6.04. The minimum Gasteiger partial charge on any atom is -0.456 e. The van der Waals surface area contributed by atoms with Crippen molar-refractivity contribution >= 4 is 29.5 Å². The average Bonchev–Trinajstić information content (AvgIpc) is 3.71. The molecule has 0 radical (unpaired) electrons. The Balaban J connectivity index is 1.26. The molecule has 2 saturated heterocycles. The zero-order valence-corrected chi connectivity index (χ0v) is 24.4. The van der Waals surface area contributed by atoms with E-state index in [0.717, 1.165) is 54.8 Å². The maximum absolute atomic E-state index is 13.7. The van der Waals surface area contributed by atoms with Gasteiger partial charge in [0.05, 0.1) is 35.9 Å². The van der Waals surface area contributed by atoms with Crippen molar-refractivity contribution in [1.82, 2.24) is 24.7 Å². The molecule has 6 heterocycles. The Morgan fingerprint density at radius 3 is 2.50 bits per heavy atom. The van der Waals surface area contributed by atoms with Crippen LogP contribution in [0.25, 0.3) is 5.69 Å². The van der Waals surface area contributed by atoms with Crippen LogP contribution >= 0.6 is 11.8 Å². The highest BCUT2D eigenvalue weighted by Crippen LogP contribution is 2.44. The second kappa shape index (κ2) is 10.2. The number of pyridine rings is 1. The van der Waals surface area contributed by atoms with E-state index in [4.69, 9.17) is 9.84 Å². The number of thioether (sulfide) groups is 1. The molecule has 0 aromatic carbocycles. The van der Waals surface area contributed by atoms with Crippen LogP contribution in [0.2, 0.25) is 0 Å². The molecule has 1 amide bonds. The van der Waals surface area contributed by atoms with Gasteiger partial charge in [0.25, 0.3) is 5.91 Å². The smallest absolute Gasteiger partial charge is 0.345 e. The lowest BCUT2D eigenvalue weighted by Crippen LogP contribution is -2.61. The molecule has 0 spiro atoms. The number of ether oxygens (including phenoxy) is 1. The van der Waals surface area contributed by atoms with Gasteiger partial charge in [-0.2, -0.15) is 9.69 Å². The summed E-state index contributed by atoms with van der Waals surface area (Å²) in [6.45, 7) is 11.8. The third kappa shape index (κ3) is 4.76. The fourth-order valence-electron chi connectivity index (χ4n) is 5.89. The zero-order chi connectivity index (χ0) is 28.1. The first-order valence-corrected chi connectivity index (χ1v) is 14.9. The van der Waals surface area contributed by atoms with E-state index in [-0.39, 0.29) is 5.91 Å². The molecule has 11 heteroatoms. The van der Waals surface area contributed by atoms with E-state index in [2.05, 4.69) is 27.2 Å². The number of amides is 1. The molecule has 2 aromatic heterocycles. The normalized spacial score (nSPS) is 23.1. The van der Waals surface area contributed by atoms with Crippen molar-refractivity contribution in [1.29, 1.82) is 0 Å². The molecule has 0 bridgehead atoms. The summed E-state index contributed by atoms with van der Waals surface area (Å²) in [6.07, 6.45) is 9.65. The van der Waals surface area contributed by atoms with Crippen molar-refractivity contribution in [3.63, 3.8) is 0 Å². The standard InChI is InChI=1S/C29H36N7O3S/c1-21-18-25(35(31-21)22-7-9-30-10-8-22)32-11-13-34(14-12-32)36-16-5-6-24(36)26(28(38)39-29(2,3)4)23(19-36)27(37)33-15-17-40-20-33/h5-10,16,18H,11-15,17,19-20H2,1-4H3/q+1/t36-/m1/s1. The monoisotopic (exact) mass is 562 g/mol. The Labute approximate surface area is 239 Å². The van der Waals surface area contributed by atoms with Crippen molar-refractivity contribution in [2.24, 2.45) is 0 Å². The second-order valence-electron chi connectivity index (χ2n) is 11.5. The van der Waals surface area contributed by atoms with Gasteiger partial charge in [0.2, 0.25) is 0 Å². The lowest BCUT2D eigenvalue weighted by molar-refractivity contribution is -0.948. The molecule has 6 rings (SSSR count). The van der Waals surface area contributed by atoms with E-state index in [0.29, 0.717) is 34.7 Å². The molecule has 4 aliphatic rings. The molecule has 0 unspecified atom stereocenters. The number of rotatable bonds is 5. The molecule has 0 N–H and O–H groups in total. The maximum atomic E-state index is 13.7. The van der Waals surface area contributed by atoms with Gasteiger partial charge in [-0.05, 0) is 45.9 Å². The Bertz CT molecular complexity index is 1410. The molecule has 40 heavy (non-hydrogen) atoms. The van der Waals surface area contributed by atoms with E-state index < -0.39 is 11.6 Å². The Hall–Kier alpha value is -3.41. The number of hydrogen-bond donors (Lipinski definition) is 0. The summed E-state index contributed by atoms with van der Waals surface area (Å²) in [4.78, 5) is 35.7. The third-order valence-electron chi connectivity index (χ3n) is 7.67. The molecular weight excluding hydrogens is 526 g/mol. The van der Waals surface area contributed by atoms with Crippen molar-refractivity contribution in [2.75, 3.05) is 55.8 Å². The largest absolute Gasteiger partial charge is 0.456 e. The lowest BCUT2D eigenvalue weighted by atomic mass is 10.1. The molecule has 2 fully saturated rings. The van der Waals surface area contributed by atoms with Crippen LogP contribution in [0, 0.1) is 6.92 Å². The van der Waals surface area contributed by atoms with Crippen molar-refractivity contribution in [2.45, 2.75) is 33.3 Å². The summed E-state index contributed by atoms with van der Waals surface area (Å²) < 4.78 is 8.18. The predicted octanol–water partition coefficient (Wildman–Crippen LogP) is 3.03. The number of carbonyl (C=O) groups excluding carboxylic acids is 2. The second-order valence-corrected chi connectivity index (χ2v) is 12.6. The minimum atomic E-state index is -0.659. The average molecular weight is 563 g/mol. The van der Waals surface area contributed by atoms with Crippen LogP contribution in [0.4, 0.5) is 5.82 Å². The molecule has 10 nitrogen and oxygen atoms in total. The quantitative estimate of drug-likeness (QED) is 0.406. The van der Waals surface area contributed by atoms with Gasteiger partial charge in [0, 0.05) is 49.9 Å². The van der Waals surface area contributed by atoms with Crippen LogP contribution in [0.1, 0.15) is 26.5 Å². The highest BCUT2D eigenvalue weighted by Gasteiger charge is 2.54. The van der Waals surface area contributed by atoms with E-state index in [9.17, 15) is 9.59 Å². The predicted molar refractivity (Wildman–Crippen MR) is 154 cm³/mol. The van der Waals surface area contributed by atoms with E-state index in [1.807, 2.05) is 61.6 Å². The van der Waals surface area contributed by atoms with Crippen molar-refractivity contribution in [3.8, 4) is 5.69 Å². The minimum absolute atomic E-state index is 0.0533. The van der Waals surface area contributed by atoms with Gasteiger partial charge >= 0.3 is 5.97 Å². The SMILES string of the molecule is Cc1cc(N2CCN([N@@+]34C=CC=C3C(C(=O)OC(C)(C)C)=C(C(=O)N3CCSC3)C4)CC2)n(-c2ccncc2)n1. The third-order valence-corrected chi connectivity index (χ3v) is 8.63. The van der Waals surface area contributed by atoms with E-state index in [1.165, 1.54) is 0 Å². The summed E-state index contributed by atoms with van der Waals surface area (Å²) in [7, 11) is 0. The maximum Gasteiger partial charge on any atom is 0.345 e. The number of fused-ring (bicyclic) bond motifs is 1. The number of piperazine rings is 1. The van der Waals surface area contributed by atoms with Gasteiger partial charge < -0.3 is 14.5 Å². The van der Waals surface area contributed by atoms with Crippen LogP contribution in [-0.4, -0.2) is 97.6 Å². The van der Waals surface area contributed by atoms with Crippen molar-refractivity contribution < 1.29 is 18.9 Å². The van der Waals surface area contributed by atoms with E-state index in [1.54, 1.807) is 24.2 Å². The molecule has 0 saturated carbocycles. The molecule has 4 aliphatic heterocycles. The summed E-state index contributed by atoms with van der Waals surface area (Å²) in [5.74, 6) is 2.14. The molecule has 0 aliphatic carbocycles. The fraction of sp³-hybridized carbons (Fsp3) is 0.448. The molecule has 210 valence electrons. The number of anilines is 1. The number of hydrogen-bond acceptors (Lipinski definition) is 8. The van der Waals surface area contributed by atoms with Gasteiger partial charge in [0.15, 0.2) is 5.70 Å². The summed E-state index contributed by atoms with van der Waals surface area (Å²) in [5, 5.41) is 7.11. The number of allylic oxidation sites excluding steroid dienone is 2. The lowest BCUT2D eigenvalue weighted by Gasteiger charge is -2.44. The summed E-state index contributed by atoms with van der Waals surface area (Å²) >= 11 is 1.74. The highest BCUT2D eigenvalue weighted by atomic mass is 32.2. The van der Waals surface area contributed by atoms with Gasteiger partial charge in [-0.25, -0.2) is 9.48 Å². The van der Waals surface area contributed by atoms with Crippen LogP contribution in [-0.2, 0) is 14.3 Å². The number of nitrogens with zero attached hydrogens (tertiary/aromatic N) is 7. The number of carbonyl (C=O) groups is 2. The Kier molecular flexibility index (Phi) is 6.84. The van der Waals surface area contributed by atoms with Gasteiger partial charge in [-0.15, -0.1) is 16.8 Å². The van der Waals surface area contributed by atoms with Crippen molar-refractivity contribution in [3.05, 3.63) is 71.5 Å². The van der Waals surface area contributed by atoms with Crippen LogP contribution in [0.3, 0.4) is 0 Å². The summed E-state index contributed by atoms with van der Waals surface area (Å²) in [5.41, 5.74) is 3.09. The van der Waals surface area contributed by atoms with Gasteiger partial charge in [-0.3, -0.25) is 9.78 Å². The highest BCUT2D eigenvalue weighted by molar-refractivity contribution is 7.99. The van der Waals surface area contributed by atoms with E-state index >= 15 is 0 Å². The first-order chi connectivity index (χ1) is 19.2. The number of aryl methyl sites for hydroxylation is 1. The zero-order valence-electron chi connectivity index (χ0n) is 23.5. The Morgan fingerprint density at radius 1 is 1.07 bits per heavy atom. The number of esters is 1. The van der Waals surface area contributed by atoms with Gasteiger partial charge in [0.1, 0.15) is 29.7 Å². The van der Waals surface area contributed by atoms with Crippen LogP contribution < -0.4 is 4.90 Å². The number of aromatic nitrogens is 3. The first-order valence-electron chi connectivity index (χ1n) is 13.8. The first kappa shape index (κ1) is 26.8. The number of quaternary nitrogens is 1. The van der Waals surface area contributed by atoms with Crippen LogP contribution in [0.5, 0.6) is 0 Å². The topological polar surface area (TPSA) is 83.8 Å². The Morgan fingerprint density at radius 2 is 1.82 bits per heavy atom. The van der Waals surface area contributed by atoms with Gasteiger partial charge in [-0.1, -0.05) is 0 Å². The molecule has 2 aromatic rings. The fourth-order valence-corrected chi connectivity index (χ4v) is 6.83.